The fourth-order valence-corrected chi connectivity index (χ4v) is 5.34. The van der Waals surface area contributed by atoms with E-state index in [9.17, 15) is 4.79 Å². The second-order valence-electron chi connectivity index (χ2n) is 6.42. The molecular formula is C16H19N5OS2. The van der Waals surface area contributed by atoms with Gasteiger partial charge in [-0.05, 0) is 37.7 Å². The van der Waals surface area contributed by atoms with Gasteiger partial charge in [0.25, 0.3) is 5.56 Å². The Labute approximate surface area is 147 Å². The second-order valence-corrected chi connectivity index (χ2v) is 8.45. The van der Waals surface area contributed by atoms with Crippen LogP contribution in [0.2, 0.25) is 0 Å². The van der Waals surface area contributed by atoms with Gasteiger partial charge in [-0.2, -0.15) is 0 Å². The molecule has 3 heterocycles. The summed E-state index contributed by atoms with van der Waals surface area (Å²) in [6.45, 7) is 4.19. The van der Waals surface area contributed by atoms with Gasteiger partial charge in [0.05, 0.1) is 11.1 Å². The summed E-state index contributed by atoms with van der Waals surface area (Å²) in [5.41, 5.74) is 1.22. The lowest BCUT2D eigenvalue weighted by Gasteiger charge is -2.17. The Kier molecular flexibility index (Phi) is 3.96. The minimum Gasteiger partial charge on any atom is -0.309 e. The van der Waals surface area contributed by atoms with E-state index in [4.69, 9.17) is 4.98 Å². The number of aromatic amines is 1. The van der Waals surface area contributed by atoms with Gasteiger partial charge in [0, 0.05) is 11.9 Å². The first kappa shape index (κ1) is 15.8. The van der Waals surface area contributed by atoms with E-state index in [1.165, 1.54) is 22.2 Å². The van der Waals surface area contributed by atoms with Crippen LogP contribution in [-0.4, -0.2) is 24.7 Å². The molecule has 0 radical (unpaired) electrons. The number of nitrogens with zero attached hydrogens (tertiary/aromatic N) is 4. The number of nitrogens with one attached hydrogen (secondary N) is 1. The van der Waals surface area contributed by atoms with Crippen molar-refractivity contribution in [1.82, 2.24) is 24.7 Å². The standard InChI is InChI=1S/C16H19N5OS2/c1-8-4-5-10-11(6-8)24-15-13(10)14(22)17-12(18-15)7-23-16-20-19-9(2)21(16)3/h8H,4-7H2,1-3H3,(H,17,18,22)/t8-/m0/s1. The summed E-state index contributed by atoms with van der Waals surface area (Å²) in [5, 5.41) is 9.82. The fraction of sp³-hybridized carbons (Fsp3) is 0.500. The third-order valence-electron chi connectivity index (χ3n) is 4.61. The highest BCUT2D eigenvalue weighted by molar-refractivity contribution is 7.98. The van der Waals surface area contributed by atoms with Gasteiger partial charge in [-0.1, -0.05) is 18.7 Å². The van der Waals surface area contributed by atoms with Crippen LogP contribution in [-0.2, 0) is 25.6 Å². The van der Waals surface area contributed by atoms with Crippen molar-refractivity contribution >= 4 is 33.3 Å². The van der Waals surface area contributed by atoms with E-state index in [0.29, 0.717) is 17.5 Å². The highest BCUT2D eigenvalue weighted by Gasteiger charge is 2.23. The Morgan fingerprint density at radius 1 is 1.42 bits per heavy atom. The Morgan fingerprint density at radius 3 is 3.00 bits per heavy atom. The average Bonchev–Trinajstić information content (AvgIpc) is 3.06. The van der Waals surface area contributed by atoms with Crippen molar-refractivity contribution in [3.05, 3.63) is 32.4 Å². The summed E-state index contributed by atoms with van der Waals surface area (Å²) in [6, 6.07) is 0. The molecule has 0 amide bonds. The number of H-pyrrole nitrogens is 1. The van der Waals surface area contributed by atoms with E-state index >= 15 is 0 Å². The van der Waals surface area contributed by atoms with Crippen molar-refractivity contribution in [2.75, 3.05) is 0 Å². The minimum absolute atomic E-state index is 0.00296. The molecule has 1 atom stereocenters. The quantitative estimate of drug-likeness (QED) is 0.726. The molecule has 0 bridgehead atoms. The smallest absolute Gasteiger partial charge is 0.259 e. The Hall–Kier alpha value is -1.67. The van der Waals surface area contributed by atoms with Gasteiger partial charge in [0.15, 0.2) is 5.16 Å². The molecule has 6 nitrogen and oxygen atoms in total. The predicted octanol–water partition coefficient (Wildman–Crippen LogP) is 2.84. The number of hydrogen-bond acceptors (Lipinski definition) is 6. The molecule has 3 aromatic rings. The maximum atomic E-state index is 12.6. The molecule has 0 unspecified atom stereocenters. The van der Waals surface area contributed by atoms with E-state index in [2.05, 4.69) is 22.1 Å². The van der Waals surface area contributed by atoms with E-state index in [1.807, 2.05) is 18.5 Å². The molecule has 126 valence electrons. The van der Waals surface area contributed by atoms with Crippen molar-refractivity contribution in [3.8, 4) is 0 Å². The number of hydrogen-bond donors (Lipinski definition) is 1. The van der Waals surface area contributed by atoms with Crippen LogP contribution in [0.15, 0.2) is 9.95 Å². The zero-order chi connectivity index (χ0) is 16.8. The first-order chi connectivity index (χ1) is 11.5. The molecule has 24 heavy (non-hydrogen) atoms. The van der Waals surface area contributed by atoms with Gasteiger partial charge < -0.3 is 9.55 Å². The van der Waals surface area contributed by atoms with Crippen LogP contribution >= 0.6 is 23.1 Å². The van der Waals surface area contributed by atoms with Gasteiger partial charge in [0.1, 0.15) is 16.5 Å². The fourth-order valence-electron chi connectivity index (χ4n) is 3.11. The predicted molar refractivity (Wildman–Crippen MR) is 96.7 cm³/mol. The summed E-state index contributed by atoms with van der Waals surface area (Å²) >= 11 is 3.22. The van der Waals surface area contributed by atoms with Crippen LogP contribution in [0.25, 0.3) is 10.2 Å². The van der Waals surface area contributed by atoms with Gasteiger partial charge in [0.2, 0.25) is 0 Å². The zero-order valence-electron chi connectivity index (χ0n) is 13.9. The molecule has 0 spiro atoms. The maximum Gasteiger partial charge on any atom is 0.259 e. The molecule has 0 saturated heterocycles. The topological polar surface area (TPSA) is 76.5 Å². The molecule has 0 aliphatic heterocycles. The van der Waals surface area contributed by atoms with Crippen molar-refractivity contribution in [2.24, 2.45) is 13.0 Å². The molecule has 1 N–H and O–H groups in total. The lowest BCUT2D eigenvalue weighted by molar-refractivity contribution is 0.509. The number of thiophene rings is 1. The normalized spacial score (nSPS) is 17.4. The van der Waals surface area contributed by atoms with Crippen LogP contribution in [0.3, 0.4) is 0 Å². The second kappa shape index (κ2) is 6.00. The monoisotopic (exact) mass is 361 g/mol. The van der Waals surface area contributed by atoms with E-state index in [0.717, 1.165) is 40.5 Å². The van der Waals surface area contributed by atoms with Crippen LogP contribution in [0.4, 0.5) is 0 Å². The molecule has 3 aromatic heterocycles. The molecule has 4 rings (SSSR count). The molecular weight excluding hydrogens is 342 g/mol. The maximum absolute atomic E-state index is 12.6. The summed E-state index contributed by atoms with van der Waals surface area (Å²) in [4.78, 5) is 22.4. The van der Waals surface area contributed by atoms with E-state index < -0.39 is 0 Å². The largest absolute Gasteiger partial charge is 0.309 e. The Balaban J connectivity index is 1.66. The molecule has 0 aromatic carbocycles. The van der Waals surface area contributed by atoms with Crippen LogP contribution in [0.5, 0.6) is 0 Å². The number of aromatic nitrogens is 5. The average molecular weight is 361 g/mol. The highest BCUT2D eigenvalue weighted by atomic mass is 32.2. The first-order valence-electron chi connectivity index (χ1n) is 8.05. The molecule has 1 aliphatic rings. The minimum atomic E-state index is -0.00296. The Bertz CT molecular complexity index is 971. The van der Waals surface area contributed by atoms with Gasteiger partial charge in [-0.25, -0.2) is 4.98 Å². The third-order valence-corrected chi connectivity index (χ3v) is 6.78. The first-order valence-corrected chi connectivity index (χ1v) is 9.85. The number of fused-ring (bicyclic) bond motifs is 3. The van der Waals surface area contributed by atoms with Crippen molar-refractivity contribution in [1.29, 1.82) is 0 Å². The SMILES string of the molecule is Cc1nnc(SCc2nc3sc4c(c3c(=O)[nH]2)CC[C@H](C)C4)n1C. The molecule has 8 heteroatoms. The molecule has 1 aliphatic carbocycles. The Morgan fingerprint density at radius 2 is 2.25 bits per heavy atom. The lowest BCUT2D eigenvalue weighted by Crippen LogP contribution is -2.14. The summed E-state index contributed by atoms with van der Waals surface area (Å²) in [6.07, 6.45) is 3.22. The molecule has 0 fully saturated rings. The summed E-state index contributed by atoms with van der Waals surface area (Å²) < 4.78 is 1.94. The van der Waals surface area contributed by atoms with Gasteiger partial charge in [-0.15, -0.1) is 21.5 Å². The lowest BCUT2D eigenvalue weighted by atomic mass is 9.89. The van der Waals surface area contributed by atoms with E-state index in [-0.39, 0.29) is 5.56 Å². The number of thioether (sulfide) groups is 1. The van der Waals surface area contributed by atoms with Crippen molar-refractivity contribution in [2.45, 2.75) is 44.0 Å². The van der Waals surface area contributed by atoms with E-state index in [1.54, 1.807) is 11.3 Å². The van der Waals surface area contributed by atoms with Crippen LogP contribution in [0.1, 0.15) is 35.4 Å². The molecule has 0 saturated carbocycles. The zero-order valence-corrected chi connectivity index (χ0v) is 15.6. The van der Waals surface area contributed by atoms with Gasteiger partial charge in [-0.3, -0.25) is 4.79 Å². The van der Waals surface area contributed by atoms with Gasteiger partial charge >= 0.3 is 0 Å². The van der Waals surface area contributed by atoms with Crippen LogP contribution < -0.4 is 5.56 Å². The summed E-state index contributed by atoms with van der Waals surface area (Å²) in [7, 11) is 1.94. The summed E-state index contributed by atoms with van der Waals surface area (Å²) in [5.74, 6) is 2.84. The third kappa shape index (κ3) is 2.67. The van der Waals surface area contributed by atoms with Crippen LogP contribution in [0, 0.1) is 12.8 Å². The van der Waals surface area contributed by atoms with Crippen molar-refractivity contribution < 1.29 is 0 Å². The number of aryl methyl sites for hydroxylation is 2. The highest BCUT2D eigenvalue weighted by Crippen LogP contribution is 2.35. The van der Waals surface area contributed by atoms with Crippen molar-refractivity contribution in [3.63, 3.8) is 0 Å². The number of rotatable bonds is 3.